The standard InChI is InChI=1S/C12H10BrClN2OS/c13-6-1-2-9-7(3-6)8(15)4-10(17-9)12-16-5-11(14)18-12/h1-3,5,8,10H,4,15H2/t8-,10?/m1/s1. The van der Waals surface area contributed by atoms with Crippen molar-refractivity contribution in [2.24, 2.45) is 5.73 Å². The van der Waals surface area contributed by atoms with Gasteiger partial charge >= 0.3 is 0 Å². The molecule has 0 aliphatic carbocycles. The Morgan fingerprint density at radius 1 is 1.50 bits per heavy atom. The van der Waals surface area contributed by atoms with Gasteiger partial charge in [0.25, 0.3) is 0 Å². The van der Waals surface area contributed by atoms with Gasteiger partial charge in [-0.05, 0) is 18.2 Å². The summed E-state index contributed by atoms with van der Waals surface area (Å²) in [6.45, 7) is 0. The first-order valence-electron chi connectivity index (χ1n) is 5.46. The number of nitrogens with zero attached hydrogens (tertiary/aromatic N) is 1. The van der Waals surface area contributed by atoms with E-state index in [1.807, 2.05) is 18.2 Å². The van der Waals surface area contributed by atoms with E-state index in [0.717, 1.165) is 20.8 Å². The van der Waals surface area contributed by atoms with Crippen LogP contribution in [0.5, 0.6) is 5.75 Å². The number of hydrogen-bond acceptors (Lipinski definition) is 4. The third-order valence-electron chi connectivity index (χ3n) is 2.88. The first-order chi connectivity index (χ1) is 8.63. The van der Waals surface area contributed by atoms with Crippen LogP contribution in [0.15, 0.2) is 28.9 Å². The van der Waals surface area contributed by atoms with Gasteiger partial charge in [0.2, 0.25) is 0 Å². The van der Waals surface area contributed by atoms with E-state index in [0.29, 0.717) is 10.8 Å². The number of thiazole rings is 1. The monoisotopic (exact) mass is 344 g/mol. The van der Waals surface area contributed by atoms with E-state index in [1.54, 1.807) is 6.20 Å². The van der Waals surface area contributed by atoms with Gasteiger partial charge in [-0.1, -0.05) is 27.5 Å². The molecule has 2 atom stereocenters. The molecule has 6 heteroatoms. The van der Waals surface area contributed by atoms with Crippen molar-refractivity contribution >= 4 is 38.9 Å². The van der Waals surface area contributed by atoms with Crippen molar-refractivity contribution in [1.29, 1.82) is 0 Å². The number of fused-ring (bicyclic) bond motifs is 1. The van der Waals surface area contributed by atoms with E-state index in [4.69, 9.17) is 22.1 Å². The second-order valence-corrected chi connectivity index (χ2v) is 6.74. The van der Waals surface area contributed by atoms with Crippen LogP contribution >= 0.6 is 38.9 Å². The molecule has 0 spiro atoms. The highest BCUT2D eigenvalue weighted by molar-refractivity contribution is 9.10. The van der Waals surface area contributed by atoms with E-state index in [9.17, 15) is 0 Å². The fourth-order valence-corrected chi connectivity index (χ4v) is 3.39. The largest absolute Gasteiger partial charge is 0.483 e. The minimum atomic E-state index is -0.105. The summed E-state index contributed by atoms with van der Waals surface area (Å²) >= 11 is 10.8. The highest BCUT2D eigenvalue weighted by Gasteiger charge is 2.29. The smallest absolute Gasteiger partial charge is 0.152 e. The molecule has 0 amide bonds. The maximum Gasteiger partial charge on any atom is 0.152 e. The Hall–Kier alpha value is -0.620. The predicted molar refractivity (Wildman–Crippen MR) is 76.2 cm³/mol. The fraction of sp³-hybridized carbons (Fsp3) is 0.250. The minimum absolute atomic E-state index is 0.0427. The van der Waals surface area contributed by atoms with E-state index in [-0.39, 0.29) is 12.1 Å². The Labute approximate surface area is 122 Å². The van der Waals surface area contributed by atoms with Crippen molar-refractivity contribution in [1.82, 2.24) is 4.98 Å². The van der Waals surface area contributed by atoms with E-state index >= 15 is 0 Å². The number of benzene rings is 1. The minimum Gasteiger partial charge on any atom is -0.483 e. The summed E-state index contributed by atoms with van der Waals surface area (Å²) in [5, 5.41) is 0.879. The van der Waals surface area contributed by atoms with Crippen molar-refractivity contribution in [2.45, 2.75) is 18.6 Å². The molecule has 1 aromatic carbocycles. The molecule has 0 fully saturated rings. The third-order valence-corrected chi connectivity index (χ3v) is 4.58. The number of rotatable bonds is 1. The number of aromatic nitrogens is 1. The van der Waals surface area contributed by atoms with Gasteiger partial charge < -0.3 is 10.5 Å². The van der Waals surface area contributed by atoms with Crippen LogP contribution in [-0.4, -0.2) is 4.98 Å². The van der Waals surface area contributed by atoms with Gasteiger partial charge in [-0.3, -0.25) is 0 Å². The van der Waals surface area contributed by atoms with Crippen molar-refractivity contribution in [3.63, 3.8) is 0 Å². The molecule has 1 aliphatic rings. The molecule has 94 valence electrons. The third kappa shape index (κ3) is 2.28. The maximum absolute atomic E-state index is 6.19. The molecule has 1 aromatic heterocycles. The van der Waals surface area contributed by atoms with Gasteiger partial charge in [0.15, 0.2) is 6.10 Å². The topological polar surface area (TPSA) is 48.1 Å². The molecule has 3 rings (SSSR count). The Kier molecular flexibility index (Phi) is 3.32. The molecule has 2 aromatic rings. The second kappa shape index (κ2) is 4.81. The highest BCUT2D eigenvalue weighted by Crippen LogP contribution is 2.41. The van der Waals surface area contributed by atoms with Crippen LogP contribution in [-0.2, 0) is 0 Å². The van der Waals surface area contributed by atoms with Crippen molar-refractivity contribution in [3.8, 4) is 5.75 Å². The number of ether oxygens (including phenoxy) is 1. The Morgan fingerprint density at radius 3 is 3.06 bits per heavy atom. The van der Waals surface area contributed by atoms with Gasteiger partial charge in [-0.25, -0.2) is 4.98 Å². The molecular weight excluding hydrogens is 336 g/mol. The van der Waals surface area contributed by atoms with Gasteiger partial charge in [-0.15, -0.1) is 11.3 Å². The second-order valence-electron chi connectivity index (χ2n) is 4.13. The number of hydrogen-bond donors (Lipinski definition) is 1. The molecule has 2 N–H and O–H groups in total. The lowest BCUT2D eigenvalue weighted by atomic mass is 9.97. The molecule has 0 radical (unpaired) electrons. The van der Waals surface area contributed by atoms with E-state index < -0.39 is 0 Å². The van der Waals surface area contributed by atoms with Crippen LogP contribution in [0.1, 0.15) is 29.1 Å². The summed E-state index contributed by atoms with van der Waals surface area (Å²) in [5.41, 5.74) is 7.22. The molecule has 3 nitrogen and oxygen atoms in total. The van der Waals surface area contributed by atoms with Crippen LogP contribution in [0.25, 0.3) is 0 Å². The lowest BCUT2D eigenvalue weighted by Gasteiger charge is -2.29. The maximum atomic E-state index is 6.19. The normalized spacial score (nSPS) is 22.4. The Bertz CT molecular complexity index is 589. The quantitative estimate of drug-likeness (QED) is 0.847. The summed E-state index contributed by atoms with van der Waals surface area (Å²) in [7, 11) is 0. The van der Waals surface area contributed by atoms with Gasteiger partial charge in [0.05, 0.1) is 6.20 Å². The summed E-state index contributed by atoms with van der Waals surface area (Å²) in [6, 6.07) is 5.84. The van der Waals surface area contributed by atoms with Crippen LogP contribution in [0.2, 0.25) is 4.34 Å². The molecule has 1 unspecified atom stereocenters. The first kappa shape index (κ1) is 12.4. The van der Waals surface area contributed by atoms with Crippen molar-refractivity contribution < 1.29 is 4.74 Å². The Morgan fingerprint density at radius 2 is 2.33 bits per heavy atom. The zero-order valence-corrected chi connectivity index (χ0v) is 12.4. The molecular formula is C12H10BrClN2OS. The first-order valence-corrected chi connectivity index (χ1v) is 7.45. The summed E-state index contributed by atoms with van der Waals surface area (Å²) < 4.78 is 7.63. The van der Waals surface area contributed by atoms with Crippen LogP contribution < -0.4 is 10.5 Å². The number of nitrogens with two attached hydrogens (primary N) is 1. The Balaban J connectivity index is 1.94. The summed E-state index contributed by atoms with van der Waals surface area (Å²) in [6.07, 6.45) is 2.26. The van der Waals surface area contributed by atoms with Gasteiger partial charge in [0, 0.05) is 22.5 Å². The highest BCUT2D eigenvalue weighted by atomic mass is 79.9. The zero-order chi connectivity index (χ0) is 12.7. The summed E-state index contributed by atoms with van der Waals surface area (Å²) in [5.74, 6) is 0.827. The molecule has 1 aliphatic heterocycles. The molecule has 0 saturated carbocycles. The SMILES string of the molecule is N[C@@H]1CC(c2ncc(Cl)s2)Oc2ccc(Br)cc21. The van der Waals surface area contributed by atoms with Crippen LogP contribution in [0, 0.1) is 0 Å². The van der Waals surface area contributed by atoms with E-state index in [1.165, 1.54) is 11.3 Å². The molecule has 0 bridgehead atoms. The lowest BCUT2D eigenvalue weighted by Crippen LogP contribution is -2.24. The number of halogens is 2. The predicted octanol–water partition coefficient (Wildman–Crippen LogP) is 4.08. The molecule has 0 saturated heterocycles. The summed E-state index contributed by atoms with van der Waals surface area (Å²) in [4.78, 5) is 4.26. The van der Waals surface area contributed by atoms with Crippen molar-refractivity contribution in [2.75, 3.05) is 0 Å². The zero-order valence-electron chi connectivity index (χ0n) is 9.27. The van der Waals surface area contributed by atoms with Gasteiger partial charge in [-0.2, -0.15) is 0 Å². The average molecular weight is 346 g/mol. The van der Waals surface area contributed by atoms with Gasteiger partial charge in [0.1, 0.15) is 15.1 Å². The average Bonchev–Trinajstić information content (AvgIpc) is 2.77. The lowest BCUT2D eigenvalue weighted by molar-refractivity contribution is 0.161. The van der Waals surface area contributed by atoms with Crippen LogP contribution in [0.3, 0.4) is 0 Å². The molecule has 18 heavy (non-hydrogen) atoms. The van der Waals surface area contributed by atoms with Crippen molar-refractivity contribution in [3.05, 3.63) is 43.8 Å². The van der Waals surface area contributed by atoms with E-state index in [2.05, 4.69) is 20.9 Å². The molecule has 2 heterocycles. The fourth-order valence-electron chi connectivity index (χ4n) is 2.04. The van der Waals surface area contributed by atoms with Crippen LogP contribution in [0.4, 0.5) is 0 Å².